The van der Waals surface area contributed by atoms with Gasteiger partial charge in [-0.2, -0.15) is 0 Å². The average Bonchev–Trinajstić information content (AvgIpc) is 2.81. The van der Waals surface area contributed by atoms with Gasteiger partial charge in [-0.25, -0.2) is 0 Å². The molecule has 1 aliphatic carbocycles. The summed E-state index contributed by atoms with van der Waals surface area (Å²) in [5.74, 6) is 1.68. The van der Waals surface area contributed by atoms with Crippen LogP contribution in [0.15, 0.2) is 45.5 Å². The lowest BCUT2D eigenvalue weighted by atomic mass is 9.74. The molecule has 2 nitrogen and oxygen atoms in total. The Balaban J connectivity index is 1.73. The van der Waals surface area contributed by atoms with Crippen LogP contribution < -0.4 is 5.32 Å². The van der Waals surface area contributed by atoms with Crippen molar-refractivity contribution in [2.45, 2.75) is 31.7 Å². The Morgan fingerprint density at radius 3 is 2.84 bits per heavy atom. The SMILES string of the molecule is CCNC(CC1Cc2ccccc21)c1ccc(Br)o1. The first-order valence-corrected chi connectivity index (χ1v) is 7.63. The van der Waals surface area contributed by atoms with Gasteiger partial charge in [-0.3, -0.25) is 0 Å². The maximum atomic E-state index is 5.71. The van der Waals surface area contributed by atoms with Gasteiger partial charge in [0.05, 0.1) is 6.04 Å². The minimum atomic E-state index is 0.301. The van der Waals surface area contributed by atoms with Crippen LogP contribution in [0.2, 0.25) is 0 Å². The van der Waals surface area contributed by atoms with E-state index in [1.165, 1.54) is 17.5 Å². The van der Waals surface area contributed by atoms with Crippen molar-refractivity contribution in [3.05, 3.63) is 58.0 Å². The Morgan fingerprint density at radius 1 is 1.32 bits per heavy atom. The van der Waals surface area contributed by atoms with E-state index < -0.39 is 0 Å². The summed E-state index contributed by atoms with van der Waals surface area (Å²) in [4.78, 5) is 0. The lowest BCUT2D eigenvalue weighted by Crippen LogP contribution is -2.26. The molecule has 0 bridgehead atoms. The molecule has 0 amide bonds. The van der Waals surface area contributed by atoms with Crippen LogP contribution in [0.5, 0.6) is 0 Å². The van der Waals surface area contributed by atoms with Crippen LogP contribution in [0.1, 0.15) is 42.2 Å². The predicted octanol–water partition coefficient (Wildman–Crippen LogP) is 4.42. The molecule has 19 heavy (non-hydrogen) atoms. The fourth-order valence-corrected chi connectivity index (χ4v) is 3.24. The molecule has 2 atom stereocenters. The molecule has 1 heterocycles. The fraction of sp³-hybridized carbons (Fsp3) is 0.375. The van der Waals surface area contributed by atoms with Gasteiger partial charge in [0.25, 0.3) is 0 Å². The number of hydrogen-bond acceptors (Lipinski definition) is 2. The molecule has 0 saturated carbocycles. The van der Waals surface area contributed by atoms with Crippen LogP contribution in [0.25, 0.3) is 0 Å². The zero-order chi connectivity index (χ0) is 13.2. The van der Waals surface area contributed by atoms with Crippen molar-refractivity contribution in [3.8, 4) is 0 Å². The monoisotopic (exact) mass is 319 g/mol. The number of nitrogens with one attached hydrogen (secondary N) is 1. The van der Waals surface area contributed by atoms with Crippen LogP contribution >= 0.6 is 15.9 Å². The summed E-state index contributed by atoms with van der Waals surface area (Å²) in [6.07, 6.45) is 2.30. The first-order chi connectivity index (χ1) is 9.28. The number of halogens is 1. The van der Waals surface area contributed by atoms with E-state index in [4.69, 9.17) is 4.42 Å². The van der Waals surface area contributed by atoms with Gasteiger partial charge in [-0.1, -0.05) is 31.2 Å². The van der Waals surface area contributed by atoms with Crippen LogP contribution in [0.4, 0.5) is 0 Å². The molecule has 0 spiro atoms. The van der Waals surface area contributed by atoms with Crippen LogP contribution in [-0.4, -0.2) is 6.54 Å². The first kappa shape index (κ1) is 12.9. The molecule has 1 aliphatic rings. The Bertz CT molecular complexity index is 563. The van der Waals surface area contributed by atoms with Gasteiger partial charge >= 0.3 is 0 Å². The van der Waals surface area contributed by atoms with E-state index in [0.717, 1.165) is 23.4 Å². The molecule has 1 aromatic carbocycles. The summed E-state index contributed by atoms with van der Waals surface area (Å²) in [7, 11) is 0. The third-order valence-electron chi connectivity index (χ3n) is 3.87. The zero-order valence-electron chi connectivity index (χ0n) is 11.0. The van der Waals surface area contributed by atoms with E-state index in [1.54, 1.807) is 0 Å². The van der Waals surface area contributed by atoms with Gasteiger partial charge in [-0.05, 0) is 64.5 Å². The normalized spacial score (nSPS) is 18.7. The van der Waals surface area contributed by atoms with E-state index in [2.05, 4.69) is 58.5 Å². The van der Waals surface area contributed by atoms with Gasteiger partial charge in [-0.15, -0.1) is 0 Å². The quantitative estimate of drug-likeness (QED) is 0.882. The van der Waals surface area contributed by atoms with Crippen LogP contribution in [0.3, 0.4) is 0 Å². The highest BCUT2D eigenvalue weighted by atomic mass is 79.9. The standard InChI is InChI=1S/C16H18BrNO/c1-2-18-14(15-7-8-16(17)19-15)10-12-9-11-5-3-4-6-13(11)12/h3-8,12,14,18H,2,9-10H2,1H3. The van der Waals surface area contributed by atoms with Gasteiger partial charge in [0.15, 0.2) is 4.67 Å². The van der Waals surface area contributed by atoms with Gasteiger partial charge in [0.2, 0.25) is 0 Å². The molecule has 0 aliphatic heterocycles. The highest BCUT2D eigenvalue weighted by Gasteiger charge is 2.29. The lowest BCUT2D eigenvalue weighted by Gasteiger charge is -2.32. The van der Waals surface area contributed by atoms with Crippen LogP contribution in [0, 0.1) is 0 Å². The number of fused-ring (bicyclic) bond motifs is 1. The Morgan fingerprint density at radius 2 is 2.16 bits per heavy atom. The lowest BCUT2D eigenvalue weighted by molar-refractivity contribution is 0.361. The maximum Gasteiger partial charge on any atom is 0.169 e. The summed E-state index contributed by atoms with van der Waals surface area (Å²) >= 11 is 3.38. The second kappa shape index (κ2) is 5.51. The zero-order valence-corrected chi connectivity index (χ0v) is 12.6. The van der Waals surface area contributed by atoms with Crippen molar-refractivity contribution in [1.29, 1.82) is 0 Å². The summed E-state index contributed by atoms with van der Waals surface area (Å²) in [5.41, 5.74) is 3.01. The summed E-state index contributed by atoms with van der Waals surface area (Å²) in [5, 5.41) is 3.53. The van der Waals surface area contributed by atoms with E-state index in [1.807, 2.05) is 6.07 Å². The largest absolute Gasteiger partial charge is 0.453 e. The summed E-state index contributed by atoms with van der Waals surface area (Å²) in [6, 6.07) is 13.1. The topological polar surface area (TPSA) is 25.2 Å². The van der Waals surface area contributed by atoms with Crippen molar-refractivity contribution in [3.63, 3.8) is 0 Å². The third kappa shape index (κ3) is 2.63. The Hall–Kier alpha value is -1.06. The molecule has 1 aromatic heterocycles. The molecule has 2 aromatic rings. The number of furan rings is 1. The van der Waals surface area contributed by atoms with Crippen LogP contribution in [-0.2, 0) is 6.42 Å². The molecule has 2 unspecified atom stereocenters. The summed E-state index contributed by atoms with van der Waals surface area (Å²) < 4.78 is 6.51. The molecular weight excluding hydrogens is 302 g/mol. The first-order valence-electron chi connectivity index (χ1n) is 6.84. The fourth-order valence-electron chi connectivity index (χ4n) is 2.92. The highest BCUT2D eigenvalue weighted by Crippen LogP contribution is 2.41. The average molecular weight is 320 g/mol. The van der Waals surface area contributed by atoms with Crippen molar-refractivity contribution >= 4 is 15.9 Å². The maximum absolute atomic E-state index is 5.71. The molecule has 100 valence electrons. The molecule has 0 saturated heterocycles. The van der Waals surface area contributed by atoms with Gasteiger partial charge in [0.1, 0.15) is 5.76 Å². The molecule has 1 N–H and O–H groups in total. The van der Waals surface area contributed by atoms with E-state index >= 15 is 0 Å². The van der Waals surface area contributed by atoms with Gasteiger partial charge in [0, 0.05) is 0 Å². The van der Waals surface area contributed by atoms with Crippen molar-refractivity contribution in [2.24, 2.45) is 0 Å². The number of hydrogen-bond donors (Lipinski definition) is 1. The molecule has 0 fully saturated rings. The third-order valence-corrected chi connectivity index (χ3v) is 4.30. The van der Waals surface area contributed by atoms with E-state index in [-0.39, 0.29) is 0 Å². The summed E-state index contributed by atoms with van der Waals surface area (Å²) in [6.45, 7) is 3.09. The minimum absolute atomic E-state index is 0.301. The van der Waals surface area contributed by atoms with Gasteiger partial charge < -0.3 is 9.73 Å². The highest BCUT2D eigenvalue weighted by molar-refractivity contribution is 9.10. The second-order valence-corrected chi connectivity index (χ2v) is 5.87. The molecule has 3 heteroatoms. The molecule has 0 radical (unpaired) electrons. The van der Waals surface area contributed by atoms with E-state index in [0.29, 0.717) is 12.0 Å². The molecular formula is C16H18BrNO. The predicted molar refractivity (Wildman–Crippen MR) is 80.3 cm³/mol. The smallest absolute Gasteiger partial charge is 0.169 e. The van der Waals surface area contributed by atoms with E-state index in [9.17, 15) is 0 Å². The van der Waals surface area contributed by atoms with Crippen molar-refractivity contribution in [2.75, 3.05) is 6.54 Å². The molecule has 3 rings (SSSR count). The Kier molecular flexibility index (Phi) is 3.76. The number of rotatable bonds is 5. The second-order valence-electron chi connectivity index (χ2n) is 5.09. The van der Waals surface area contributed by atoms with Crippen molar-refractivity contribution < 1.29 is 4.42 Å². The Labute approximate surface area is 122 Å². The minimum Gasteiger partial charge on any atom is -0.453 e. The van der Waals surface area contributed by atoms with Crippen molar-refractivity contribution in [1.82, 2.24) is 5.32 Å². The number of benzene rings is 1.